The first kappa shape index (κ1) is 19.2. The Hall–Kier alpha value is -3.15. The molecule has 0 bridgehead atoms. The Morgan fingerprint density at radius 3 is 2.55 bits per heavy atom. The molecule has 4 rings (SSSR count). The number of likely N-dealkylation sites (N-methyl/N-ethyl adjacent to an activating group) is 1. The zero-order chi connectivity index (χ0) is 20.4. The van der Waals surface area contributed by atoms with Gasteiger partial charge in [0.1, 0.15) is 0 Å². The Morgan fingerprint density at radius 1 is 1.03 bits per heavy atom. The van der Waals surface area contributed by atoms with Crippen LogP contribution >= 0.6 is 0 Å². The molecular formula is C23H25N3O3. The van der Waals surface area contributed by atoms with E-state index in [2.05, 4.69) is 5.32 Å². The van der Waals surface area contributed by atoms with Gasteiger partial charge in [0.25, 0.3) is 0 Å². The van der Waals surface area contributed by atoms with Crippen molar-refractivity contribution in [1.82, 2.24) is 10.2 Å². The summed E-state index contributed by atoms with van der Waals surface area (Å²) in [6, 6.07) is 17.6. The fourth-order valence-corrected chi connectivity index (χ4v) is 4.45. The largest absolute Gasteiger partial charge is 0.354 e. The molecule has 6 heteroatoms. The second-order valence-electron chi connectivity index (χ2n) is 7.78. The van der Waals surface area contributed by atoms with Crippen molar-refractivity contribution in [3.63, 3.8) is 0 Å². The smallest absolute Gasteiger partial charge is 0.238 e. The fourth-order valence-electron chi connectivity index (χ4n) is 4.45. The first-order valence-corrected chi connectivity index (χ1v) is 9.97. The number of hydrogen-bond acceptors (Lipinski definition) is 3. The van der Waals surface area contributed by atoms with Crippen LogP contribution in [0, 0.1) is 0 Å². The number of nitrogens with one attached hydrogen (secondary N) is 1. The molecule has 2 aliphatic heterocycles. The predicted octanol–water partition coefficient (Wildman–Crippen LogP) is 1.88. The molecular weight excluding hydrogens is 366 g/mol. The van der Waals surface area contributed by atoms with Crippen LogP contribution in [0.2, 0.25) is 0 Å². The molecule has 0 unspecified atom stereocenters. The van der Waals surface area contributed by atoms with Gasteiger partial charge in [0, 0.05) is 45.2 Å². The molecule has 3 amide bonds. The molecule has 1 saturated heterocycles. The van der Waals surface area contributed by atoms with Gasteiger partial charge < -0.3 is 15.1 Å². The average Bonchev–Trinajstić information content (AvgIpc) is 2.88. The van der Waals surface area contributed by atoms with Gasteiger partial charge in [-0.15, -0.1) is 0 Å². The molecule has 1 atom stereocenters. The molecule has 2 heterocycles. The first-order valence-electron chi connectivity index (χ1n) is 9.97. The number of amides is 3. The number of carbonyl (C=O) groups excluding carboxylic acids is 3. The molecule has 6 nitrogen and oxygen atoms in total. The van der Waals surface area contributed by atoms with E-state index in [0.717, 1.165) is 16.8 Å². The highest BCUT2D eigenvalue weighted by Crippen LogP contribution is 2.45. The molecule has 29 heavy (non-hydrogen) atoms. The maximum atomic E-state index is 13.5. The van der Waals surface area contributed by atoms with Gasteiger partial charge in [-0.1, -0.05) is 48.5 Å². The van der Waals surface area contributed by atoms with Gasteiger partial charge in [-0.25, -0.2) is 0 Å². The lowest BCUT2D eigenvalue weighted by molar-refractivity contribution is -0.136. The molecule has 0 aromatic heterocycles. The summed E-state index contributed by atoms with van der Waals surface area (Å²) in [6.45, 7) is 1.30. The van der Waals surface area contributed by atoms with E-state index in [1.54, 1.807) is 16.8 Å². The molecule has 2 aromatic rings. The summed E-state index contributed by atoms with van der Waals surface area (Å²) in [5.74, 6) is -0.183. The Labute approximate surface area is 170 Å². The van der Waals surface area contributed by atoms with E-state index in [0.29, 0.717) is 32.5 Å². The van der Waals surface area contributed by atoms with Crippen LogP contribution in [0.5, 0.6) is 0 Å². The highest BCUT2D eigenvalue weighted by atomic mass is 16.2. The third kappa shape index (κ3) is 3.50. The van der Waals surface area contributed by atoms with E-state index in [1.165, 1.54) is 0 Å². The number of rotatable bonds is 4. The molecule has 150 valence electrons. The van der Waals surface area contributed by atoms with E-state index in [1.807, 2.05) is 54.6 Å². The second kappa shape index (κ2) is 7.70. The lowest BCUT2D eigenvalue weighted by Gasteiger charge is -2.31. The van der Waals surface area contributed by atoms with Gasteiger partial charge in [-0.05, 0) is 23.6 Å². The highest BCUT2D eigenvalue weighted by Gasteiger charge is 2.51. The molecule has 0 spiro atoms. The number of carbonyl (C=O) groups is 3. The van der Waals surface area contributed by atoms with Crippen molar-refractivity contribution in [2.24, 2.45) is 0 Å². The number of anilines is 1. The third-order valence-corrected chi connectivity index (χ3v) is 5.96. The summed E-state index contributed by atoms with van der Waals surface area (Å²) in [7, 11) is 1.77. The molecule has 2 aliphatic rings. The molecule has 0 radical (unpaired) electrons. The van der Waals surface area contributed by atoms with E-state index in [-0.39, 0.29) is 24.1 Å². The third-order valence-electron chi connectivity index (χ3n) is 5.96. The van der Waals surface area contributed by atoms with Crippen LogP contribution in [0.1, 0.15) is 24.0 Å². The van der Waals surface area contributed by atoms with Crippen molar-refractivity contribution < 1.29 is 14.4 Å². The molecule has 1 N–H and O–H groups in total. The minimum atomic E-state index is -0.937. The van der Waals surface area contributed by atoms with Crippen molar-refractivity contribution in [2.45, 2.75) is 24.7 Å². The molecule has 0 aliphatic carbocycles. The zero-order valence-electron chi connectivity index (χ0n) is 16.6. The van der Waals surface area contributed by atoms with Gasteiger partial charge in [-0.2, -0.15) is 0 Å². The Kier molecular flexibility index (Phi) is 5.09. The van der Waals surface area contributed by atoms with Crippen LogP contribution in [-0.2, 0) is 26.2 Å². The van der Waals surface area contributed by atoms with Crippen LogP contribution in [0.3, 0.4) is 0 Å². The second-order valence-corrected chi connectivity index (χ2v) is 7.78. The van der Waals surface area contributed by atoms with Crippen molar-refractivity contribution in [2.75, 3.05) is 31.6 Å². The summed E-state index contributed by atoms with van der Waals surface area (Å²) >= 11 is 0. The standard InChI is InChI=1S/C23H25N3O3/c1-25-19-10-6-5-9-18(19)23(22(25)29,15-17-7-3-2-4-8-17)16-21(28)26-13-11-20(27)24-12-14-26/h2-10H,11-16H2,1H3,(H,24,27)/t23-/m0/s1. The number of hydrogen-bond donors (Lipinski definition) is 1. The highest BCUT2D eigenvalue weighted by molar-refractivity contribution is 6.10. The van der Waals surface area contributed by atoms with E-state index in [9.17, 15) is 14.4 Å². The van der Waals surface area contributed by atoms with Crippen molar-refractivity contribution in [1.29, 1.82) is 0 Å². The van der Waals surface area contributed by atoms with Crippen LogP contribution in [-0.4, -0.2) is 49.3 Å². The molecule has 0 saturated carbocycles. The predicted molar refractivity (Wildman–Crippen MR) is 110 cm³/mol. The summed E-state index contributed by atoms with van der Waals surface area (Å²) in [5.41, 5.74) is 1.84. The van der Waals surface area contributed by atoms with Gasteiger partial charge in [0.05, 0.1) is 5.41 Å². The lowest BCUT2D eigenvalue weighted by Crippen LogP contribution is -2.46. The summed E-state index contributed by atoms with van der Waals surface area (Å²) < 4.78 is 0. The van der Waals surface area contributed by atoms with Crippen LogP contribution in [0.4, 0.5) is 5.69 Å². The first-order chi connectivity index (χ1) is 14.0. The normalized spacial score (nSPS) is 21.6. The fraction of sp³-hybridized carbons (Fsp3) is 0.348. The number of nitrogens with zero attached hydrogens (tertiary/aromatic N) is 2. The average molecular weight is 391 g/mol. The summed E-state index contributed by atoms with van der Waals surface area (Å²) in [4.78, 5) is 41.8. The van der Waals surface area contributed by atoms with Gasteiger partial charge in [-0.3, -0.25) is 14.4 Å². The maximum Gasteiger partial charge on any atom is 0.238 e. The summed E-state index contributed by atoms with van der Waals surface area (Å²) in [5, 5.41) is 2.80. The zero-order valence-corrected chi connectivity index (χ0v) is 16.6. The van der Waals surface area contributed by atoms with E-state index < -0.39 is 5.41 Å². The lowest BCUT2D eigenvalue weighted by atomic mass is 9.73. The van der Waals surface area contributed by atoms with Crippen LogP contribution in [0.15, 0.2) is 54.6 Å². The number of para-hydroxylation sites is 1. The number of fused-ring (bicyclic) bond motifs is 1. The van der Waals surface area contributed by atoms with Crippen molar-refractivity contribution >= 4 is 23.4 Å². The van der Waals surface area contributed by atoms with E-state index in [4.69, 9.17) is 0 Å². The maximum absolute atomic E-state index is 13.5. The SMILES string of the molecule is CN1C(=O)[C@](CC(=O)N2CCNC(=O)CC2)(Cc2ccccc2)c2ccccc21. The van der Waals surface area contributed by atoms with Gasteiger partial charge >= 0.3 is 0 Å². The minimum absolute atomic E-state index is 0.0404. The monoisotopic (exact) mass is 391 g/mol. The number of benzene rings is 2. The van der Waals surface area contributed by atoms with Gasteiger partial charge in [0.2, 0.25) is 17.7 Å². The van der Waals surface area contributed by atoms with E-state index >= 15 is 0 Å². The Bertz CT molecular complexity index is 943. The minimum Gasteiger partial charge on any atom is -0.354 e. The van der Waals surface area contributed by atoms with Crippen molar-refractivity contribution in [3.8, 4) is 0 Å². The Balaban J connectivity index is 1.71. The van der Waals surface area contributed by atoms with Crippen LogP contribution in [0.25, 0.3) is 0 Å². The Morgan fingerprint density at radius 2 is 1.76 bits per heavy atom. The topological polar surface area (TPSA) is 69.7 Å². The van der Waals surface area contributed by atoms with Gasteiger partial charge in [0.15, 0.2) is 0 Å². The van der Waals surface area contributed by atoms with Crippen molar-refractivity contribution in [3.05, 3.63) is 65.7 Å². The summed E-state index contributed by atoms with van der Waals surface area (Å²) in [6.07, 6.45) is 0.850. The quantitative estimate of drug-likeness (QED) is 0.865. The van der Waals surface area contributed by atoms with Crippen LogP contribution < -0.4 is 10.2 Å². The molecule has 2 aromatic carbocycles. The molecule has 1 fully saturated rings.